The molecule has 3 aliphatic heterocycles. The Hall–Kier alpha value is -2.77. The van der Waals surface area contributed by atoms with Crippen molar-refractivity contribution in [2.24, 2.45) is 5.92 Å². The predicted molar refractivity (Wildman–Crippen MR) is 109 cm³/mol. The number of aliphatic hydroxyl groups excluding tert-OH is 1. The molecule has 5 heterocycles. The van der Waals surface area contributed by atoms with E-state index in [1.807, 2.05) is 30.5 Å². The first-order valence-electron chi connectivity index (χ1n) is 10.2. The van der Waals surface area contributed by atoms with Crippen molar-refractivity contribution in [1.82, 2.24) is 24.8 Å². The van der Waals surface area contributed by atoms with E-state index in [0.717, 1.165) is 43.6 Å². The Labute approximate surface area is 169 Å². The number of H-pyrrole nitrogens is 1. The van der Waals surface area contributed by atoms with Gasteiger partial charge in [-0.05, 0) is 48.6 Å². The van der Waals surface area contributed by atoms with Crippen LogP contribution in [0.1, 0.15) is 34.6 Å². The van der Waals surface area contributed by atoms with Crippen LogP contribution in [0.4, 0.5) is 0 Å². The normalized spacial score (nSPS) is 22.2. The lowest BCUT2D eigenvalue weighted by molar-refractivity contribution is 0.0585. The number of imidazole rings is 1. The molecule has 0 radical (unpaired) electrons. The van der Waals surface area contributed by atoms with Crippen molar-refractivity contribution in [3.63, 3.8) is 0 Å². The van der Waals surface area contributed by atoms with Crippen LogP contribution < -0.4 is 0 Å². The van der Waals surface area contributed by atoms with E-state index in [2.05, 4.69) is 30.8 Å². The number of hydrogen-bond donors (Lipinski definition) is 2. The van der Waals surface area contributed by atoms with E-state index in [-0.39, 0.29) is 18.6 Å². The smallest absolute Gasteiger partial charge is 0.254 e. The van der Waals surface area contributed by atoms with Crippen LogP contribution in [0, 0.1) is 5.92 Å². The number of aromatic nitrogens is 3. The number of aliphatic hydroxyl groups is 1. The minimum absolute atomic E-state index is 0.0879. The molecule has 3 fully saturated rings. The number of nitrogens with zero attached hydrogens (tertiary/aromatic N) is 4. The largest absolute Gasteiger partial charge is 0.388 e. The molecular weight excluding hydrogens is 366 g/mol. The van der Waals surface area contributed by atoms with E-state index in [1.54, 1.807) is 6.20 Å². The van der Waals surface area contributed by atoms with Gasteiger partial charge in [-0.1, -0.05) is 6.07 Å². The monoisotopic (exact) mass is 391 g/mol. The van der Waals surface area contributed by atoms with Crippen LogP contribution in [0.15, 0.2) is 42.7 Å². The van der Waals surface area contributed by atoms with Gasteiger partial charge in [0.25, 0.3) is 5.91 Å². The number of piperidine rings is 1. The third kappa shape index (κ3) is 3.63. The van der Waals surface area contributed by atoms with Crippen molar-refractivity contribution >= 4 is 16.9 Å². The molecule has 0 saturated carbocycles. The van der Waals surface area contributed by atoms with Crippen molar-refractivity contribution in [2.45, 2.75) is 32.0 Å². The van der Waals surface area contributed by atoms with E-state index in [1.165, 1.54) is 12.0 Å². The van der Waals surface area contributed by atoms with Gasteiger partial charge in [0.15, 0.2) is 0 Å². The van der Waals surface area contributed by atoms with Crippen LogP contribution in [0.2, 0.25) is 0 Å². The van der Waals surface area contributed by atoms with Gasteiger partial charge < -0.3 is 15.0 Å². The number of pyridine rings is 1. The minimum atomic E-state index is -0.138. The molecule has 6 rings (SSSR count). The second-order valence-electron chi connectivity index (χ2n) is 8.18. The minimum Gasteiger partial charge on any atom is -0.388 e. The summed E-state index contributed by atoms with van der Waals surface area (Å²) < 4.78 is 0. The summed E-state index contributed by atoms with van der Waals surface area (Å²) in [5, 5.41) is 9.28. The topological polar surface area (TPSA) is 85.3 Å². The van der Waals surface area contributed by atoms with Crippen LogP contribution in [-0.2, 0) is 13.2 Å². The number of fused-ring (bicyclic) bond motifs is 5. The van der Waals surface area contributed by atoms with Crippen molar-refractivity contribution in [3.05, 3.63) is 59.7 Å². The molecule has 29 heavy (non-hydrogen) atoms. The summed E-state index contributed by atoms with van der Waals surface area (Å²) in [7, 11) is 0. The molecule has 3 aromatic rings. The molecule has 3 aliphatic rings. The number of amides is 1. The summed E-state index contributed by atoms with van der Waals surface area (Å²) in [4.78, 5) is 29.5. The number of nitrogens with one attached hydrogen (secondary N) is 1. The highest BCUT2D eigenvalue weighted by molar-refractivity contribution is 5.97. The van der Waals surface area contributed by atoms with E-state index in [4.69, 9.17) is 0 Å². The molecule has 2 N–H and O–H groups in total. The first-order chi connectivity index (χ1) is 14.2. The maximum Gasteiger partial charge on any atom is 0.254 e. The Morgan fingerprint density at radius 1 is 1.21 bits per heavy atom. The number of hydrogen-bond acceptors (Lipinski definition) is 5. The fraction of sp³-hybridized carbons (Fsp3) is 0.409. The van der Waals surface area contributed by atoms with E-state index in [0.29, 0.717) is 17.3 Å². The second-order valence-corrected chi connectivity index (χ2v) is 8.18. The average molecular weight is 391 g/mol. The molecule has 7 nitrogen and oxygen atoms in total. The molecule has 0 spiro atoms. The quantitative estimate of drug-likeness (QED) is 0.712. The summed E-state index contributed by atoms with van der Waals surface area (Å²) in [5.41, 5.74) is 3.46. The highest BCUT2D eigenvalue weighted by atomic mass is 16.3. The number of aromatic amines is 1. The van der Waals surface area contributed by atoms with E-state index >= 15 is 0 Å². The highest BCUT2D eigenvalue weighted by Crippen LogP contribution is 2.30. The summed E-state index contributed by atoms with van der Waals surface area (Å²) in [6.07, 6.45) is 5.96. The van der Waals surface area contributed by atoms with Crippen LogP contribution in [-0.4, -0.2) is 61.4 Å². The lowest BCUT2D eigenvalue weighted by Gasteiger charge is -2.36. The number of carbonyl (C=O) groups excluding carboxylic acids is 1. The molecule has 150 valence electrons. The third-order valence-electron chi connectivity index (χ3n) is 6.11. The SMILES string of the molecule is O=C(c1ccc2nc(CO)[nH]c2c1)N1C[C@@H]2CC[C@H]1CN(Cc1cccnc1)C2. The van der Waals surface area contributed by atoms with Gasteiger partial charge in [0, 0.05) is 50.2 Å². The van der Waals surface area contributed by atoms with Gasteiger partial charge in [-0.3, -0.25) is 14.7 Å². The van der Waals surface area contributed by atoms with Crippen LogP contribution in [0.3, 0.4) is 0 Å². The van der Waals surface area contributed by atoms with Gasteiger partial charge >= 0.3 is 0 Å². The Balaban J connectivity index is 1.35. The second kappa shape index (κ2) is 7.57. The number of carbonyl (C=O) groups is 1. The Morgan fingerprint density at radius 2 is 2.14 bits per heavy atom. The summed E-state index contributed by atoms with van der Waals surface area (Å²) in [6, 6.07) is 9.88. The van der Waals surface area contributed by atoms with Gasteiger partial charge in [0.05, 0.1) is 11.0 Å². The maximum absolute atomic E-state index is 13.3. The Morgan fingerprint density at radius 3 is 2.97 bits per heavy atom. The van der Waals surface area contributed by atoms with Crippen LogP contribution in [0.25, 0.3) is 11.0 Å². The zero-order chi connectivity index (χ0) is 19.8. The molecule has 2 bridgehead atoms. The predicted octanol–water partition coefficient (Wildman–Crippen LogP) is 2.19. The fourth-order valence-corrected chi connectivity index (χ4v) is 4.74. The molecule has 2 aromatic heterocycles. The molecule has 3 saturated heterocycles. The maximum atomic E-state index is 13.3. The Bertz CT molecular complexity index is 1020. The van der Waals surface area contributed by atoms with Crippen molar-refractivity contribution in [1.29, 1.82) is 0 Å². The standard InChI is InChI=1S/C22H25N5O2/c28-14-21-24-19-6-4-17(8-20(19)25-21)22(29)27-12-16-3-5-18(27)13-26(11-16)10-15-2-1-7-23-9-15/h1-2,4,6-9,16,18,28H,3,5,10-14H2,(H,24,25)/t16-,18+/m1/s1. The van der Waals surface area contributed by atoms with E-state index < -0.39 is 0 Å². The zero-order valence-corrected chi connectivity index (χ0v) is 16.3. The van der Waals surface area contributed by atoms with Crippen molar-refractivity contribution in [2.75, 3.05) is 19.6 Å². The van der Waals surface area contributed by atoms with Gasteiger partial charge in [-0.15, -0.1) is 0 Å². The third-order valence-corrected chi connectivity index (χ3v) is 6.11. The first-order valence-corrected chi connectivity index (χ1v) is 10.2. The molecule has 7 heteroatoms. The lowest BCUT2D eigenvalue weighted by atomic mass is 9.94. The summed E-state index contributed by atoms with van der Waals surface area (Å²) in [5.74, 6) is 1.11. The van der Waals surface area contributed by atoms with Crippen molar-refractivity contribution < 1.29 is 9.90 Å². The van der Waals surface area contributed by atoms with Crippen LogP contribution in [0.5, 0.6) is 0 Å². The van der Waals surface area contributed by atoms with E-state index in [9.17, 15) is 9.90 Å². The molecule has 1 aromatic carbocycles. The lowest BCUT2D eigenvalue weighted by Crippen LogP contribution is -2.47. The average Bonchev–Trinajstić information content (AvgIpc) is 2.97. The zero-order valence-electron chi connectivity index (χ0n) is 16.3. The molecule has 0 aliphatic carbocycles. The Kier molecular flexibility index (Phi) is 4.77. The van der Waals surface area contributed by atoms with Gasteiger partial charge in [-0.25, -0.2) is 4.98 Å². The fourth-order valence-electron chi connectivity index (χ4n) is 4.74. The van der Waals surface area contributed by atoms with Gasteiger partial charge in [0.1, 0.15) is 12.4 Å². The van der Waals surface area contributed by atoms with Gasteiger partial charge in [0.2, 0.25) is 0 Å². The summed E-state index contributed by atoms with van der Waals surface area (Å²) >= 11 is 0. The number of rotatable bonds is 4. The molecular formula is C22H25N5O2. The molecule has 2 atom stereocenters. The summed E-state index contributed by atoms with van der Waals surface area (Å²) in [6.45, 7) is 3.48. The first kappa shape index (κ1) is 18.3. The van der Waals surface area contributed by atoms with Crippen molar-refractivity contribution in [3.8, 4) is 0 Å². The van der Waals surface area contributed by atoms with Crippen LogP contribution >= 0.6 is 0 Å². The molecule has 1 amide bonds. The van der Waals surface area contributed by atoms with Gasteiger partial charge in [-0.2, -0.15) is 0 Å². The number of benzene rings is 1. The highest BCUT2D eigenvalue weighted by Gasteiger charge is 2.37. The molecule has 0 unspecified atom stereocenters.